The van der Waals surface area contributed by atoms with Gasteiger partial charge in [-0.1, -0.05) is 12.1 Å². The van der Waals surface area contributed by atoms with Crippen LogP contribution in [0.5, 0.6) is 11.5 Å². The van der Waals surface area contributed by atoms with Crippen LogP contribution < -0.4 is 9.47 Å². The molecule has 0 aliphatic carbocycles. The Labute approximate surface area is 143 Å². The lowest BCUT2D eigenvalue weighted by Crippen LogP contribution is -2.27. The van der Waals surface area contributed by atoms with Crippen molar-refractivity contribution >= 4 is 0 Å². The monoisotopic (exact) mass is 327 g/mol. The van der Waals surface area contributed by atoms with Crippen LogP contribution in [0.15, 0.2) is 30.5 Å². The molecule has 3 heterocycles. The minimum Gasteiger partial charge on any atom is -0.486 e. The van der Waals surface area contributed by atoms with E-state index in [4.69, 9.17) is 9.47 Å². The van der Waals surface area contributed by atoms with Gasteiger partial charge in [-0.05, 0) is 38.4 Å². The molecular weight excluding hydrogens is 302 g/mol. The van der Waals surface area contributed by atoms with Gasteiger partial charge in [-0.3, -0.25) is 9.58 Å². The Balaban J connectivity index is 1.51. The van der Waals surface area contributed by atoms with E-state index in [1.165, 1.54) is 24.1 Å². The van der Waals surface area contributed by atoms with Gasteiger partial charge < -0.3 is 9.47 Å². The molecule has 0 radical (unpaired) electrons. The van der Waals surface area contributed by atoms with Crippen molar-refractivity contribution < 1.29 is 9.47 Å². The van der Waals surface area contributed by atoms with E-state index in [0.29, 0.717) is 19.3 Å². The van der Waals surface area contributed by atoms with Gasteiger partial charge in [0.2, 0.25) is 0 Å². The Morgan fingerprint density at radius 2 is 2.12 bits per heavy atom. The van der Waals surface area contributed by atoms with Crippen molar-refractivity contribution in [3.05, 3.63) is 41.7 Å². The highest BCUT2D eigenvalue weighted by atomic mass is 16.6. The average molecular weight is 327 g/mol. The number of hydrogen-bond acceptors (Lipinski definition) is 4. The van der Waals surface area contributed by atoms with Crippen LogP contribution in [0, 0.1) is 0 Å². The smallest absolute Gasteiger partial charge is 0.166 e. The average Bonchev–Trinajstić information content (AvgIpc) is 3.28. The fourth-order valence-electron chi connectivity index (χ4n) is 3.92. The number of aromatic nitrogens is 2. The van der Waals surface area contributed by atoms with Gasteiger partial charge >= 0.3 is 0 Å². The molecule has 1 atom stereocenters. The van der Waals surface area contributed by atoms with Crippen molar-refractivity contribution in [2.45, 2.75) is 38.8 Å². The predicted octanol–water partition coefficient (Wildman–Crippen LogP) is 3.05. The van der Waals surface area contributed by atoms with Crippen molar-refractivity contribution in [1.29, 1.82) is 0 Å². The minimum absolute atomic E-state index is 0.430. The zero-order chi connectivity index (χ0) is 16.4. The highest BCUT2D eigenvalue weighted by molar-refractivity contribution is 5.49. The molecule has 5 nitrogen and oxygen atoms in total. The van der Waals surface area contributed by atoms with Crippen molar-refractivity contribution in [2.75, 3.05) is 26.3 Å². The molecule has 4 rings (SSSR count). The first-order valence-corrected chi connectivity index (χ1v) is 9.00. The molecule has 0 N–H and O–H groups in total. The number of rotatable bonds is 5. The van der Waals surface area contributed by atoms with E-state index >= 15 is 0 Å². The number of ether oxygens (including phenoxy) is 2. The van der Waals surface area contributed by atoms with Crippen LogP contribution in [-0.4, -0.2) is 41.0 Å². The van der Waals surface area contributed by atoms with Crippen molar-refractivity contribution in [3.63, 3.8) is 0 Å². The number of nitrogens with zero attached hydrogens (tertiary/aromatic N) is 3. The fourth-order valence-corrected chi connectivity index (χ4v) is 3.92. The zero-order valence-corrected chi connectivity index (χ0v) is 14.3. The number of fused-ring (bicyclic) bond motifs is 1. The number of benzene rings is 1. The molecule has 1 aromatic heterocycles. The number of likely N-dealkylation sites (tertiary alicyclic amines) is 1. The third-order valence-electron chi connectivity index (χ3n) is 5.08. The molecule has 24 heavy (non-hydrogen) atoms. The largest absolute Gasteiger partial charge is 0.486 e. The summed E-state index contributed by atoms with van der Waals surface area (Å²) in [6.45, 7) is 6.57. The standard InChI is InChI=1S/C19H25N3O2/c1-2-22-15(8-10-20-22)9-12-21-11-4-6-17(21)16-5-3-7-18-19(16)24-14-13-23-18/h3,5,7-8,10,17H,2,4,6,9,11-14H2,1H3/t17-/m0/s1. The molecule has 1 aromatic carbocycles. The van der Waals surface area contributed by atoms with E-state index in [1.54, 1.807) is 0 Å². The highest BCUT2D eigenvalue weighted by Crippen LogP contribution is 2.42. The molecular formula is C19H25N3O2. The van der Waals surface area contributed by atoms with Gasteiger partial charge in [0.15, 0.2) is 11.5 Å². The maximum absolute atomic E-state index is 5.94. The second kappa shape index (κ2) is 6.85. The van der Waals surface area contributed by atoms with E-state index in [-0.39, 0.29) is 0 Å². The van der Waals surface area contributed by atoms with Gasteiger partial charge in [0.1, 0.15) is 13.2 Å². The summed E-state index contributed by atoms with van der Waals surface area (Å²) in [6.07, 6.45) is 5.37. The summed E-state index contributed by atoms with van der Waals surface area (Å²) in [5, 5.41) is 4.38. The Hall–Kier alpha value is -2.01. The molecule has 0 amide bonds. The summed E-state index contributed by atoms with van der Waals surface area (Å²) in [5.41, 5.74) is 2.60. The lowest BCUT2D eigenvalue weighted by molar-refractivity contribution is 0.164. The molecule has 0 unspecified atom stereocenters. The second-order valence-electron chi connectivity index (χ2n) is 6.45. The molecule has 0 bridgehead atoms. The second-order valence-corrected chi connectivity index (χ2v) is 6.45. The third kappa shape index (κ3) is 2.88. The minimum atomic E-state index is 0.430. The van der Waals surface area contributed by atoms with Gasteiger partial charge in [-0.15, -0.1) is 0 Å². The molecule has 2 aliphatic rings. The topological polar surface area (TPSA) is 39.5 Å². The van der Waals surface area contributed by atoms with Crippen LogP contribution in [0.2, 0.25) is 0 Å². The lowest BCUT2D eigenvalue weighted by atomic mass is 10.0. The maximum atomic E-state index is 5.94. The van der Waals surface area contributed by atoms with Crippen molar-refractivity contribution in [2.24, 2.45) is 0 Å². The first-order chi connectivity index (χ1) is 11.9. The normalized spacial score (nSPS) is 20.5. The van der Waals surface area contributed by atoms with Crippen LogP contribution in [-0.2, 0) is 13.0 Å². The van der Waals surface area contributed by atoms with Crippen molar-refractivity contribution in [1.82, 2.24) is 14.7 Å². The van der Waals surface area contributed by atoms with Crippen LogP contribution in [0.25, 0.3) is 0 Å². The summed E-state index contributed by atoms with van der Waals surface area (Å²) < 4.78 is 13.8. The molecule has 0 saturated carbocycles. The number of hydrogen-bond donors (Lipinski definition) is 0. The Kier molecular flexibility index (Phi) is 4.43. The number of aryl methyl sites for hydroxylation is 1. The van der Waals surface area contributed by atoms with E-state index in [0.717, 1.165) is 37.6 Å². The molecule has 1 fully saturated rings. The van der Waals surface area contributed by atoms with Gasteiger partial charge in [0, 0.05) is 43.0 Å². The quantitative estimate of drug-likeness (QED) is 0.846. The molecule has 5 heteroatoms. The Morgan fingerprint density at radius 3 is 3.04 bits per heavy atom. The van der Waals surface area contributed by atoms with Gasteiger partial charge in [-0.25, -0.2) is 0 Å². The summed E-state index contributed by atoms with van der Waals surface area (Å²) in [5.74, 6) is 1.86. The Bertz CT molecular complexity index is 698. The zero-order valence-electron chi connectivity index (χ0n) is 14.3. The third-order valence-corrected chi connectivity index (χ3v) is 5.08. The number of para-hydroxylation sites is 1. The van der Waals surface area contributed by atoms with Crippen LogP contribution in [0.3, 0.4) is 0 Å². The summed E-state index contributed by atoms with van der Waals surface area (Å²) >= 11 is 0. The first-order valence-electron chi connectivity index (χ1n) is 9.00. The van der Waals surface area contributed by atoms with Crippen LogP contribution >= 0.6 is 0 Å². The van der Waals surface area contributed by atoms with Gasteiger partial charge in [0.25, 0.3) is 0 Å². The SMILES string of the molecule is CCn1nccc1CCN1CCC[C@H]1c1cccc2c1OCCO2. The van der Waals surface area contributed by atoms with Gasteiger partial charge in [0.05, 0.1) is 0 Å². The summed E-state index contributed by atoms with van der Waals surface area (Å²) in [7, 11) is 0. The van der Waals surface area contributed by atoms with E-state index in [2.05, 4.69) is 39.8 Å². The molecule has 2 aliphatic heterocycles. The van der Waals surface area contributed by atoms with Gasteiger partial charge in [-0.2, -0.15) is 5.10 Å². The Morgan fingerprint density at radius 1 is 1.21 bits per heavy atom. The maximum Gasteiger partial charge on any atom is 0.166 e. The summed E-state index contributed by atoms with van der Waals surface area (Å²) in [6, 6.07) is 8.87. The van der Waals surface area contributed by atoms with Crippen molar-refractivity contribution in [3.8, 4) is 11.5 Å². The molecule has 1 saturated heterocycles. The lowest BCUT2D eigenvalue weighted by Gasteiger charge is -2.28. The predicted molar refractivity (Wildman–Crippen MR) is 92.6 cm³/mol. The fraction of sp³-hybridized carbons (Fsp3) is 0.526. The highest BCUT2D eigenvalue weighted by Gasteiger charge is 2.30. The first kappa shape index (κ1) is 15.5. The molecule has 0 spiro atoms. The van der Waals surface area contributed by atoms with E-state index in [9.17, 15) is 0 Å². The molecule has 128 valence electrons. The van der Waals surface area contributed by atoms with E-state index in [1.807, 2.05) is 12.3 Å². The van der Waals surface area contributed by atoms with Crippen LogP contribution in [0.1, 0.15) is 37.1 Å². The molecule has 2 aromatic rings. The summed E-state index contributed by atoms with van der Waals surface area (Å²) in [4.78, 5) is 2.58. The van der Waals surface area contributed by atoms with Crippen LogP contribution in [0.4, 0.5) is 0 Å². The van der Waals surface area contributed by atoms with E-state index < -0.39 is 0 Å².